The summed E-state index contributed by atoms with van der Waals surface area (Å²) < 4.78 is 5.89. The highest BCUT2D eigenvalue weighted by molar-refractivity contribution is 6.62. The Morgan fingerprint density at radius 1 is 0.950 bits per heavy atom. The van der Waals surface area contributed by atoms with Crippen molar-refractivity contribution in [3.05, 3.63) is 84.2 Å². The van der Waals surface area contributed by atoms with E-state index in [0.29, 0.717) is 6.61 Å². The van der Waals surface area contributed by atoms with Crippen LogP contribution in [0.3, 0.4) is 0 Å². The van der Waals surface area contributed by atoms with E-state index in [-0.39, 0.29) is 0 Å². The molecule has 0 heterocycles. The van der Waals surface area contributed by atoms with Crippen LogP contribution in [0.5, 0.6) is 0 Å². The maximum atomic E-state index is 5.89. The Morgan fingerprint density at radius 2 is 1.55 bits per heavy atom. The summed E-state index contributed by atoms with van der Waals surface area (Å²) in [5.41, 5.74) is 8.69. The molecule has 2 rings (SSSR count). The summed E-state index contributed by atoms with van der Waals surface area (Å²) in [5.74, 6) is 0. The molecule has 2 aromatic rings. The second-order valence-electron chi connectivity index (χ2n) is 4.57. The molecule has 0 spiro atoms. The minimum atomic E-state index is -1.10. The Hall–Kier alpha value is -1.90. The number of benzene rings is 2. The quantitative estimate of drug-likeness (QED) is 0.701. The lowest BCUT2D eigenvalue weighted by atomic mass is 9.96. The third-order valence-electron chi connectivity index (χ3n) is 3.25. The highest BCUT2D eigenvalue weighted by atomic mass is 28.3. The Morgan fingerprint density at radius 3 is 2.20 bits per heavy atom. The topological polar surface area (TPSA) is 9.23 Å². The van der Waals surface area contributed by atoms with Crippen LogP contribution in [-0.4, -0.2) is 9.04 Å². The van der Waals surface area contributed by atoms with Crippen molar-refractivity contribution in [2.75, 3.05) is 0 Å². The van der Waals surface area contributed by atoms with Crippen LogP contribution < -0.4 is 0 Å². The average Bonchev–Trinajstić information content (AvgIpc) is 2.49. The van der Waals surface area contributed by atoms with E-state index in [4.69, 9.17) is 4.43 Å². The second-order valence-corrected chi connectivity index (χ2v) is 6.48. The largest absolute Gasteiger partial charge is 0.404 e. The number of hydrogen-bond acceptors (Lipinski definition) is 1. The van der Waals surface area contributed by atoms with E-state index in [1.54, 1.807) is 0 Å². The maximum absolute atomic E-state index is 5.89. The van der Waals surface area contributed by atoms with Crippen LogP contribution in [0, 0.1) is 6.92 Å². The predicted molar refractivity (Wildman–Crippen MR) is 87.6 cm³/mol. The lowest BCUT2D eigenvalue weighted by Gasteiger charge is -2.13. The number of rotatable bonds is 6. The molecule has 0 bridgehead atoms. The summed E-state index contributed by atoms with van der Waals surface area (Å²) in [6.07, 6.45) is 0. The van der Waals surface area contributed by atoms with Crippen molar-refractivity contribution in [3.63, 3.8) is 0 Å². The van der Waals surface area contributed by atoms with E-state index in [0.717, 1.165) is 0 Å². The Balaban J connectivity index is 2.29. The zero-order valence-corrected chi connectivity index (χ0v) is 12.8. The molecule has 0 amide bonds. The molecule has 2 heteroatoms. The first-order valence-corrected chi connectivity index (χ1v) is 8.21. The molecule has 2 aromatic carbocycles. The van der Waals surface area contributed by atoms with Crippen molar-refractivity contribution >= 4 is 9.04 Å². The number of hydrogen-bond donors (Lipinski definition) is 0. The third kappa shape index (κ3) is 3.35. The van der Waals surface area contributed by atoms with Gasteiger partial charge >= 0.3 is 0 Å². The SMILES string of the molecule is C=C[Si](C=C)OCc1ccccc1-c1ccccc1C. The van der Waals surface area contributed by atoms with E-state index in [1.807, 2.05) is 11.4 Å². The zero-order valence-electron chi connectivity index (χ0n) is 11.8. The van der Waals surface area contributed by atoms with Crippen molar-refractivity contribution in [2.24, 2.45) is 0 Å². The normalized spacial score (nSPS) is 10.5. The highest BCUT2D eigenvalue weighted by Crippen LogP contribution is 2.27. The molecule has 101 valence electrons. The van der Waals surface area contributed by atoms with Crippen molar-refractivity contribution in [2.45, 2.75) is 13.5 Å². The summed E-state index contributed by atoms with van der Waals surface area (Å²) in [6.45, 7) is 10.3. The first-order chi connectivity index (χ1) is 9.76. The molecule has 0 saturated carbocycles. The van der Waals surface area contributed by atoms with Crippen LogP contribution in [0.2, 0.25) is 0 Å². The van der Waals surface area contributed by atoms with Crippen LogP contribution in [0.25, 0.3) is 11.1 Å². The molecule has 0 unspecified atom stereocenters. The Bertz CT molecular complexity index is 596. The molecule has 0 fully saturated rings. The Kier molecular flexibility index (Phi) is 5.10. The molecule has 0 atom stereocenters. The van der Waals surface area contributed by atoms with Crippen LogP contribution in [0.15, 0.2) is 73.1 Å². The van der Waals surface area contributed by atoms with Gasteiger partial charge < -0.3 is 4.43 Å². The first kappa shape index (κ1) is 14.5. The zero-order chi connectivity index (χ0) is 14.4. The van der Waals surface area contributed by atoms with E-state index < -0.39 is 9.04 Å². The van der Waals surface area contributed by atoms with E-state index >= 15 is 0 Å². The molecule has 0 N–H and O–H groups in total. The van der Waals surface area contributed by atoms with Gasteiger partial charge in [-0.25, -0.2) is 0 Å². The van der Waals surface area contributed by atoms with Crippen molar-refractivity contribution in [1.82, 2.24) is 0 Å². The van der Waals surface area contributed by atoms with Crippen LogP contribution in [0.4, 0.5) is 0 Å². The summed E-state index contributed by atoms with van der Waals surface area (Å²) in [4.78, 5) is 0. The average molecular weight is 279 g/mol. The Labute approximate surface area is 123 Å². The number of aryl methyl sites for hydroxylation is 1. The molecular weight excluding hydrogens is 260 g/mol. The minimum Gasteiger partial charge on any atom is -0.404 e. The predicted octanol–water partition coefficient (Wildman–Crippen LogP) is 4.62. The molecule has 0 aliphatic heterocycles. The maximum Gasteiger partial charge on any atom is 0.266 e. The van der Waals surface area contributed by atoms with Gasteiger partial charge in [0.15, 0.2) is 0 Å². The van der Waals surface area contributed by atoms with Gasteiger partial charge in [-0.1, -0.05) is 59.9 Å². The second kappa shape index (κ2) is 7.03. The van der Waals surface area contributed by atoms with E-state index in [9.17, 15) is 0 Å². The fourth-order valence-corrected chi connectivity index (χ4v) is 2.87. The van der Waals surface area contributed by atoms with Crippen LogP contribution in [0.1, 0.15) is 11.1 Å². The van der Waals surface area contributed by atoms with Crippen molar-refractivity contribution in [1.29, 1.82) is 0 Å². The monoisotopic (exact) mass is 279 g/mol. The molecule has 0 aromatic heterocycles. The molecule has 0 saturated heterocycles. The van der Waals surface area contributed by atoms with Crippen LogP contribution >= 0.6 is 0 Å². The molecule has 20 heavy (non-hydrogen) atoms. The lowest BCUT2D eigenvalue weighted by Crippen LogP contribution is -2.12. The summed E-state index contributed by atoms with van der Waals surface area (Å²) in [7, 11) is -1.10. The van der Waals surface area contributed by atoms with Gasteiger partial charge in [-0.05, 0) is 29.2 Å². The summed E-state index contributed by atoms with van der Waals surface area (Å²) in [5, 5.41) is 0. The van der Waals surface area contributed by atoms with Gasteiger partial charge in [0.2, 0.25) is 0 Å². The van der Waals surface area contributed by atoms with Gasteiger partial charge in [0.05, 0.1) is 6.61 Å². The third-order valence-corrected chi connectivity index (χ3v) is 4.53. The van der Waals surface area contributed by atoms with Crippen molar-refractivity contribution < 1.29 is 4.43 Å². The molecule has 0 aliphatic rings. The first-order valence-electron chi connectivity index (χ1n) is 6.64. The van der Waals surface area contributed by atoms with Gasteiger partial charge in [-0.3, -0.25) is 0 Å². The van der Waals surface area contributed by atoms with Gasteiger partial charge in [0, 0.05) is 0 Å². The minimum absolute atomic E-state index is 0.594. The fourth-order valence-electron chi connectivity index (χ4n) is 2.15. The van der Waals surface area contributed by atoms with Gasteiger partial charge in [-0.2, -0.15) is 0 Å². The van der Waals surface area contributed by atoms with Gasteiger partial charge in [0.1, 0.15) is 0 Å². The van der Waals surface area contributed by atoms with E-state index in [2.05, 4.69) is 68.6 Å². The molecular formula is C18H19OSi. The molecule has 1 nitrogen and oxygen atoms in total. The van der Waals surface area contributed by atoms with E-state index in [1.165, 1.54) is 22.3 Å². The van der Waals surface area contributed by atoms with Gasteiger partial charge in [0.25, 0.3) is 9.04 Å². The molecule has 1 radical (unpaired) electrons. The smallest absolute Gasteiger partial charge is 0.266 e. The fraction of sp³-hybridized carbons (Fsp3) is 0.111. The van der Waals surface area contributed by atoms with Gasteiger partial charge in [-0.15, -0.1) is 13.2 Å². The lowest BCUT2D eigenvalue weighted by molar-refractivity contribution is 0.321. The highest BCUT2D eigenvalue weighted by Gasteiger charge is 2.09. The summed E-state index contributed by atoms with van der Waals surface area (Å²) in [6, 6.07) is 16.8. The van der Waals surface area contributed by atoms with Crippen LogP contribution in [-0.2, 0) is 11.0 Å². The summed E-state index contributed by atoms with van der Waals surface area (Å²) >= 11 is 0. The molecule has 0 aliphatic carbocycles. The van der Waals surface area contributed by atoms with Crippen molar-refractivity contribution in [3.8, 4) is 11.1 Å². The standard InChI is InChI=1S/C18H19OSi/c1-4-20(5-2)19-14-16-11-7-9-13-18(16)17-12-8-6-10-15(17)3/h4-13H,1-2,14H2,3H3.